The number of halogens is 4. The highest BCUT2D eigenvalue weighted by Gasteiger charge is 2.35. The lowest BCUT2D eigenvalue weighted by molar-refractivity contribution is 0.0959. The van der Waals surface area contributed by atoms with Gasteiger partial charge < -0.3 is 16.0 Å². The van der Waals surface area contributed by atoms with E-state index in [0.29, 0.717) is 45.5 Å². The Morgan fingerprint density at radius 1 is 1.12 bits per heavy atom. The fourth-order valence-corrected chi connectivity index (χ4v) is 5.09. The van der Waals surface area contributed by atoms with Crippen molar-refractivity contribution in [2.45, 2.75) is 18.9 Å². The van der Waals surface area contributed by atoms with Gasteiger partial charge >= 0.3 is 0 Å². The van der Waals surface area contributed by atoms with Crippen LogP contribution in [0.25, 0.3) is 0 Å². The van der Waals surface area contributed by atoms with Crippen LogP contribution in [0.4, 0.5) is 20.2 Å². The molecule has 0 fully saturated rings. The van der Waals surface area contributed by atoms with E-state index in [1.807, 2.05) is 0 Å². The van der Waals surface area contributed by atoms with E-state index in [9.17, 15) is 18.4 Å². The zero-order chi connectivity index (χ0) is 23.3. The standard InChI is InChI=1S/C24H17BrClF2N3O2/c25-12-7-16-20(22(31-23(16)32)15-9-13(27)3-4-18(15)26)19(8-12)30-24(33)17-10-14(28)6-11-2-1-5-29-21(11)17/h3-4,6-10,22,29H,1-2,5H2,(H,30,33)(H,31,32). The fourth-order valence-electron chi connectivity index (χ4n) is 4.40. The normalized spacial score (nSPS) is 16.5. The van der Waals surface area contributed by atoms with Crippen molar-refractivity contribution < 1.29 is 18.4 Å². The van der Waals surface area contributed by atoms with E-state index in [1.165, 1.54) is 30.3 Å². The van der Waals surface area contributed by atoms with E-state index in [-0.39, 0.29) is 16.5 Å². The predicted molar refractivity (Wildman–Crippen MR) is 126 cm³/mol. The maximum atomic E-state index is 14.2. The predicted octanol–water partition coefficient (Wildman–Crippen LogP) is 5.82. The molecule has 1 atom stereocenters. The molecular formula is C24H17BrClF2N3O2. The van der Waals surface area contributed by atoms with Gasteiger partial charge in [-0.05, 0) is 60.9 Å². The van der Waals surface area contributed by atoms with Gasteiger partial charge in [-0.3, -0.25) is 9.59 Å². The molecule has 3 N–H and O–H groups in total. The Kier molecular flexibility index (Phi) is 5.58. The fraction of sp³-hybridized carbons (Fsp3) is 0.167. The average Bonchev–Trinajstić information content (AvgIpc) is 3.11. The monoisotopic (exact) mass is 531 g/mol. The Morgan fingerprint density at radius 3 is 2.76 bits per heavy atom. The number of rotatable bonds is 3. The molecule has 0 saturated heterocycles. The minimum absolute atomic E-state index is 0.177. The summed E-state index contributed by atoms with van der Waals surface area (Å²) in [6.45, 7) is 0.684. The molecule has 0 aromatic heterocycles. The number of anilines is 2. The van der Waals surface area contributed by atoms with Crippen LogP contribution in [-0.4, -0.2) is 18.4 Å². The molecule has 5 rings (SSSR count). The Labute approximate surface area is 201 Å². The van der Waals surface area contributed by atoms with Crippen molar-refractivity contribution in [3.8, 4) is 0 Å². The summed E-state index contributed by atoms with van der Waals surface area (Å²) in [6, 6.07) is 9.03. The van der Waals surface area contributed by atoms with Gasteiger partial charge in [0, 0.05) is 38.4 Å². The molecule has 2 aliphatic rings. The minimum Gasteiger partial charge on any atom is -0.384 e. The van der Waals surface area contributed by atoms with Crippen LogP contribution in [0.15, 0.2) is 46.9 Å². The second kappa shape index (κ2) is 8.43. The van der Waals surface area contributed by atoms with E-state index >= 15 is 0 Å². The van der Waals surface area contributed by atoms with Gasteiger partial charge in [0.05, 0.1) is 17.3 Å². The van der Waals surface area contributed by atoms with Crippen LogP contribution < -0.4 is 16.0 Å². The summed E-state index contributed by atoms with van der Waals surface area (Å²) in [6.07, 6.45) is 1.52. The summed E-state index contributed by atoms with van der Waals surface area (Å²) in [7, 11) is 0. The van der Waals surface area contributed by atoms with E-state index in [2.05, 4.69) is 31.9 Å². The Morgan fingerprint density at radius 2 is 1.94 bits per heavy atom. The highest BCUT2D eigenvalue weighted by Crippen LogP contribution is 2.41. The highest BCUT2D eigenvalue weighted by atomic mass is 79.9. The SMILES string of the molecule is O=C(Nc1cc(Br)cc2c1C(c1cc(F)ccc1Cl)NC2=O)c1cc(F)cc2c1NCCC2. The maximum absolute atomic E-state index is 14.2. The number of hydrogen-bond donors (Lipinski definition) is 3. The molecule has 0 aliphatic carbocycles. The molecule has 33 heavy (non-hydrogen) atoms. The Bertz CT molecular complexity index is 1330. The summed E-state index contributed by atoms with van der Waals surface area (Å²) >= 11 is 9.68. The van der Waals surface area contributed by atoms with E-state index in [1.54, 1.807) is 12.1 Å². The van der Waals surface area contributed by atoms with Crippen molar-refractivity contribution in [2.24, 2.45) is 0 Å². The van der Waals surface area contributed by atoms with Crippen LogP contribution in [0.5, 0.6) is 0 Å². The van der Waals surface area contributed by atoms with Crippen LogP contribution in [0.3, 0.4) is 0 Å². The quantitative estimate of drug-likeness (QED) is 0.398. The summed E-state index contributed by atoms with van der Waals surface area (Å²) in [5, 5.41) is 9.09. The van der Waals surface area contributed by atoms with Crippen LogP contribution in [0.1, 0.15) is 49.9 Å². The summed E-state index contributed by atoms with van der Waals surface area (Å²) in [5.41, 5.74) is 3.01. The molecule has 0 spiro atoms. The number of nitrogens with one attached hydrogen (secondary N) is 3. The third kappa shape index (κ3) is 3.98. The summed E-state index contributed by atoms with van der Waals surface area (Å²) in [5.74, 6) is -1.90. The number of fused-ring (bicyclic) bond motifs is 2. The van der Waals surface area contributed by atoms with Gasteiger partial charge in [0.15, 0.2) is 0 Å². The topological polar surface area (TPSA) is 70.2 Å². The Balaban J connectivity index is 1.59. The maximum Gasteiger partial charge on any atom is 0.257 e. The minimum atomic E-state index is -0.765. The number of carbonyl (C=O) groups excluding carboxylic acids is 2. The molecule has 168 valence electrons. The van der Waals surface area contributed by atoms with Crippen molar-refractivity contribution in [3.63, 3.8) is 0 Å². The van der Waals surface area contributed by atoms with Crippen LogP contribution in [0, 0.1) is 11.6 Å². The number of benzene rings is 3. The second-order valence-corrected chi connectivity index (χ2v) is 9.28. The lowest BCUT2D eigenvalue weighted by atomic mass is 9.95. The van der Waals surface area contributed by atoms with Crippen molar-refractivity contribution in [1.82, 2.24) is 5.32 Å². The van der Waals surface area contributed by atoms with E-state index in [4.69, 9.17) is 11.6 Å². The molecule has 1 unspecified atom stereocenters. The first-order valence-electron chi connectivity index (χ1n) is 10.3. The highest BCUT2D eigenvalue weighted by molar-refractivity contribution is 9.10. The molecule has 0 radical (unpaired) electrons. The molecule has 5 nitrogen and oxygen atoms in total. The first-order valence-corrected chi connectivity index (χ1v) is 11.5. The smallest absolute Gasteiger partial charge is 0.257 e. The molecular weight excluding hydrogens is 516 g/mol. The zero-order valence-corrected chi connectivity index (χ0v) is 19.4. The molecule has 0 saturated carbocycles. The summed E-state index contributed by atoms with van der Waals surface area (Å²) in [4.78, 5) is 26.0. The van der Waals surface area contributed by atoms with Gasteiger partial charge in [0.1, 0.15) is 11.6 Å². The number of hydrogen-bond acceptors (Lipinski definition) is 3. The van der Waals surface area contributed by atoms with Gasteiger partial charge in [-0.25, -0.2) is 8.78 Å². The van der Waals surface area contributed by atoms with Gasteiger partial charge in [-0.1, -0.05) is 27.5 Å². The largest absolute Gasteiger partial charge is 0.384 e. The molecule has 2 heterocycles. The number of aryl methyl sites for hydroxylation is 1. The zero-order valence-electron chi connectivity index (χ0n) is 17.1. The number of carbonyl (C=O) groups is 2. The van der Waals surface area contributed by atoms with E-state index < -0.39 is 23.6 Å². The third-order valence-corrected chi connectivity index (χ3v) is 6.63. The lowest BCUT2D eigenvalue weighted by Gasteiger charge is -2.22. The van der Waals surface area contributed by atoms with Crippen LogP contribution in [0.2, 0.25) is 5.02 Å². The molecule has 3 aromatic rings. The third-order valence-electron chi connectivity index (χ3n) is 5.82. The van der Waals surface area contributed by atoms with E-state index in [0.717, 1.165) is 12.0 Å². The van der Waals surface area contributed by atoms with Crippen molar-refractivity contribution in [1.29, 1.82) is 0 Å². The van der Waals surface area contributed by atoms with Gasteiger partial charge in [0.25, 0.3) is 11.8 Å². The van der Waals surface area contributed by atoms with Crippen LogP contribution >= 0.6 is 27.5 Å². The van der Waals surface area contributed by atoms with Crippen LogP contribution in [-0.2, 0) is 6.42 Å². The van der Waals surface area contributed by atoms with Crippen molar-refractivity contribution in [2.75, 3.05) is 17.2 Å². The van der Waals surface area contributed by atoms with Crippen molar-refractivity contribution >= 4 is 50.7 Å². The summed E-state index contributed by atoms with van der Waals surface area (Å²) < 4.78 is 28.8. The number of amides is 2. The molecule has 3 aromatic carbocycles. The molecule has 9 heteroatoms. The second-order valence-electron chi connectivity index (χ2n) is 7.96. The van der Waals surface area contributed by atoms with Gasteiger partial charge in [-0.2, -0.15) is 0 Å². The molecule has 2 aliphatic heterocycles. The van der Waals surface area contributed by atoms with Gasteiger partial charge in [0.2, 0.25) is 0 Å². The molecule has 0 bridgehead atoms. The van der Waals surface area contributed by atoms with Gasteiger partial charge in [-0.15, -0.1) is 0 Å². The first kappa shape index (κ1) is 21.9. The lowest BCUT2D eigenvalue weighted by Crippen LogP contribution is -2.22. The van der Waals surface area contributed by atoms with Crippen molar-refractivity contribution in [3.05, 3.63) is 91.4 Å². The Hall–Kier alpha value is -2.97. The molecule has 2 amide bonds. The average molecular weight is 533 g/mol. The first-order chi connectivity index (χ1) is 15.8.